The van der Waals surface area contributed by atoms with Gasteiger partial charge in [-0.2, -0.15) is 0 Å². The zero-order chi connectivity index (χ0) is 31.6. The van der Waals surface area contributed by atoms with Crippen molar-refractivity contribution >= 4 is 68.2 Å². The highest BCUT2D eigenvalue weighted by atomic mass is 127. The number of rotatable bonds is 2. The predicted octanol–water partition coefficient (Wildman–Crippen LogP) is 5.96. The summed E-state index contributed by atoms with van der Waals surface area (Å²) in [6.45, 7) is 15.9. The second-order valence-electron chi connectivity index (χ2n) is 10.1. The van der Waals surface area contributed by atoms with Crippen LogP contribution in [0.5, 0.6) is 0 Å². The highest BCUT2D eigenvalue weighted by Gasteiger charge is 2.24. The molecule has 0 aliphatic heterocycles. The topological polar surface area (TPSA) is 183 Å². The maximum atomic E-state index is 11.0. The molecule has 0 saturated carbocycles. The van der Waals surface area contributed by atoms with Crippen LogP contribution in [0.2, 0.25) is 0 Å². The number of alkyl halides is 1. The van der Waals surface area contributed by atoms with E-state index in [4.69, 9.17) is 25.7 Å². The van der Waals surface area contributed by atoms with Gasteiger partial charge < -0.3 is 30.4 Å². The molecule has 0 unspecified atom stereocenters. The molecule has 0 fully saturated rings. The Hall–Kier alpha value is -2.64. The highest BCUT2D eigenvalue weighted by Crippen LogP contribution is 2.20. The minimum absolute atomic E-state index is 0.0728. The van der Waals surface area contributed by atoms with Gasteiger partial charge in [-0.15, -0.1) is 6.42 Å². The first kappa shape index (κ1) is 40.9. The van der Waals surface area contributed by atoms with Gasteiger partial charge in [-0.1, -0.05) is 21.9 Å². The first-order chi connectivity index (χ1) is 17.5. The second-order valence-corrected chi connectivity index (χ2v) is 11.8. The third kappa shape index (κ3) is 29.8. The Labute approximate surface area is 252 Å². The number of nitrogens with two attached hydrogens (primary N) is 2. The Morgan fingerprint density at radius 2 is 1.36 bits per heavy atom. The van der Waals surface area contributed by atoms with Crippen LogP contribution in [0.3, 0.4) is 0 Å². The number of ether oxygens (including phenoxy) is 4. The molecule has 0 heterocycles. The van der Waals surface area contributed by atoms with E-state index in [0.717, 1.165) is 0 Å². The average molecular weight is 732 g/mol. The lowest BCUT2D eigenvalue weighted by molar-refractivity contribution is -0.384. The van der Waals surface area contributed by atoms with Gasteiger partial charge in [0, 0.05) is 21.4 Å². The van der Waals surface area contributed by atoms with Gasteiger partial charge in [0.15, 0.2) is 0 Å². The Balaban J connectivity index is -0.000000478. The molecule has 0 radical (unpaired) electrons. The van der Waals surface area contributed by atoms with Crippen molar-refractivity contribution in [2.24, 2.45) is 5.73 Å². The SMILES string of the molecule is C#CCN.CC(C)(C)OC(=O)CBr.CC(C)(C)OC(=O)OC(=O)OC(C)(C)C.Nc1ccc([N+](=O)[O-])cc1I. The minimum atomic E-state index is -1.06. The summed E-state index contributed by atoms with van der Waals surface area (Å²) in [6, 6.07) is 4.35. The molecule has 0 aliphatic carbocycles. The molecule has 14 heteroatoms. The Kier molecular flexibility index (Phi) is 20.3. The predicted molar refractivity (Wildman–Crippen MR) is 161 cm³/mol. The van der Waals surface area contributed by atoms with E-state index in [1.165, 1.54) is 18.2 Å². The molecule has 0 aliphatic rings. The van der Waals surface area contributed by atoms with E-state index in [-0.39, 0.29) is 22.6 Å². The molecule has 1 rings (SSSR count). The van der Waals surface area contributed by atoms with Crippen LogP contribution in [0.15, 0.2) is 18.2 Å². The van der Waals surface area contributed by atoms with Crippen molar-refractivity contribution in [3.8, 4) is 12.3 Å². The summed E-state index contributed by atoms with van der Waals surface area (Å²) in [4.78, 5) is 42.4. The summed E-state index contributed by atoms with van der Waals surface area (Å²) < 4.78 is 19.4. The van der Waals surface area contributed by atoms with E-state index in [0.29, 0.717) is 15.8 Å². The van der Waals surface area contributed by atoms with E-state index in [1.54, 1.807) is 41.5 Å². The van der Waals surface area contributed by atoms with Crippen LogP contribution in [-0.2, 0) is 23.7 Å². The van der Waals surface area contributed by atoms with Gasteiger partial charge in [0.2, 0.25) is 0 Å². The van der Waals surface area contributed by atoms with E-state index in [2.05, 4.69) is 33.0 Å². The molecule has 1 aromatic carbocycles. The van der Waals surface area contributed by atoms with Gasteiger partial charge in [-0.05, 0) is 91.0 Å². The molecule has 0 atom stereocenters. The van der Waals surface area contributed by atoms with E-state index in [9.17, 15) is 24.5 Å². The quantitative estimate of drug-likeness (QED) is 0.0421. The number of nitrogen functional groups attached to an aromatic ring is 1. The lowest BCUT2D eigenvalue weighted by Crippen LogP contribution is -2.29. The summed E-state index contributed by atoms with van der Waals surface area (Å²) in [5.41, 5.74) is 9.14. The zero-order valence-electron chi connectivity index (χ0n) is 23.8. The number of anilines is 1. The lowest BCUT2D eigenvalue weighted by Gasteiger charge is -2.20. The summed E-state index contributed by atoms with van der Waals surface area (Å²) in [5, 5.41) is 10.5. The molecule has 4 N–H and O–H groups in total. The molecule has 1 aromatic rings. The van der Waals surface area contributed by atoms with Crippen LogP contribution >= 0.6 is 38.5 Å². The lowest BCUT2D eigenvalue weighted by atomic mass is 10.2. The van der Waals surface area contributed by atoms with E-state index >= 15 is 0 Å². The summed E-state index contributed by atoms with van der Waals surface area (Å²) in [6.07, 6.45) is 2.54. The van der Waals surface area contributed by atoms with Crippen LogP contribution in [-0.4, -0.2) is 51.9 Å². The third-order valence-corrected chi connectivity index (χ3v) is 4.18. The number of halogens is 2. The van der Waals surface area contributed by atoms with Crippen LogP contribution in [0.1, 0.15) is 62.3 Å². The first-order valence-corrected chi connectivity index (χ1v) is 13.4. The number of nitro groups is 1. The molecular formula is C25H39BrIN3O9. The van der Waals surface area contributed by atoms with E-state index in [1.807, 2.05) is 43.4 Å². The average Bonchev–Trinajstić information content (AvgIpc) is 2.72. The second kappa shape index (κ2) is 19.4. The van der Waals surface area contributed by atoms with Gasteiger partial charge >= 0.3 is 18.3 Å². The molecule has 0 aromatic heterocycles. The van der Waals surface area contributed by atoms with Crippen molar-refractivity contribution in [3.63, 3.8) is 0 Å². The van der Waals surface area contributed by atoms with E-state index < -0.39 is 28.4 Å². The maximum absolute atomic E-state index is 11.0. The van der Waals surface area contributed by atoms with Crippen LogP contribution in [0.25, 0.3) is 0 Å². The van der Waals surface area contributed by atoms with Gasteiger partial charge in [0.25, 0.3) is 5.69 Å². The van der Waals surface area contributed by atoms with Crippen molar-refractivity contribution in [2.75, 3.05) is 17.6 Å². The van der Waals surface area contributed by atoms with Crippen LogP contribution in [0.4, 0.5) is 21.0 Å². The summed E-state index contributed by atoms with van der Waals surface area (Å²) in [7, 11) is 0. The number of hydrogen-bond acceptors (Lipinski definition) is 11. The fourth-order valence-electron chi connectivity index (χ4n) is 1.61. The Morgan fingerprint density at radius 1 is 0.974 bits per heavy atom. The van der Waals surface area contributed by atoms with Crippen molar-refractivity contribution in [1.82, 2.24) is 0 Å². The van der Waals surface area contributed by atoms with Crippen molar-refractivity contribution in [3.05, 3.63) is 31.9 Å². The molecular weight excluding hydrogens is 693 g/mol. The molecule has 0 spiro atoms. The third-order valence-electron chi connectivity index (χ3n) is 2.79. The Morgan fingerprint density at radius 3 is 1.59 bits per heavy atom. The molecule has 12 nitrogen and oxygen atoms in total. The first-order valence-electron chi connectivity index (χ1n) is 11.2. The van der Waals surface area contributed by atoms with Crippen LogP contribution in [0, 0.1) is 26.0 Å². The number of carbonyl (C=O) groups excluding carboxylic acids is 3. The maximum Gasteiger partial charge on any atom is 0.519 e. The number of terminal acetylenes is 1. The van der Waals surface area contributed by atoms with Gasteiger partial charge in [0.05, 0.1) is 11.5 Å². The normalized spacial score (nSPS) is 10.3. The van der Waals surface area contributed by atoms with Gasteiger partial charge in [-0.3, -0.25) is 14.9 Å². The largest absolute Gasteiger partial charge is 0.519 e. The molecule has 39 heavy (non-hydrogen) atoms. The molecule has 222 valence electrons. The van der Waals surface area contributed by atoms with Gasteiger partial charge in [0.1, 0.15) is 22.1 Å². The molecule has 0 saturated heterocycles. The van der Waals surface area contributed by atoms with Crippen molar-refractivity contribution in [1.29, 1.82) is 0 Å². The van der Waals surface area contributed by atoms with Gasteiger partial charge in [-0.25, -0.2) is 9.59 Å². The van der Waals surface area contributed by atoms with Crippen LogP contribution < -0.4 is 11.5 Å². The number of carbonyl (C=O) groups is 3. The fraction of sp³-hybridized carbons (Fsp3) is 0.560. The fourth-order valence-corrected chi connectivity index (χ4v) is 2.22. The van der Waals surface area contributed by atoms with Crippen molar-refractivity contribution in [2.45, 2.75) is 79.1 Å². The minimum Gasteiger partial charge on any atom is -0.459 e. The summed E-state index contributed by atoms with van der Waals surface area (Å²) in [5.74, 6) is 1.99. The van der Waals surface area contributed by atoms with Crippen molar-refractivity contribution < 1.29 is 38.3 Å². The number of hydrogen-bond donors (Lipinski definition) is 2. The monoisotopic (exact) mass is 731 g/mol. The number of nitro benzene ring substituents is 1. The number of non-ortho nitro benzene ring substituents is 1. The number of esters is 1. The molecule has 0 bridgehead atoms. The smallest absolute Gasteiger partial charge is 0.459 e. The number of benzene rings is 1. The molecule has 0 amide bonds. The standard InChI is InChI=1S/C10H18O5.C6H11BrO2.C6H5IN2O2.C3H5N/c1-9(2,3)14-7(11)13-8(12)15-10(4,5)6;1-6(2,3)9-5(8)4-7;7-5-3-4(9(10)11)1-2-6(5)8;1-2-3-4/h1-6H3;4H2,1-3H3;1-3H,8H2;1H,3-4H2. The Bertz CT molecular complexity index is 951. The zero-order valence-corrected chi connectivity index (χ0v) is 27.5. The highest BCUT2D eigenvalue weighted by molar-refractivity contribution is 14.1. The number of nitrogens with zero attached hydrogens (tertiary/aromatic N) is 1. The summed E-state index contributed by atoms with van der Waals surface area (Å²) >= 11 is 4.95.